The van der Waals surface area contributed by atoms with Gasteiger partial charge in [-0.3, -0.25) is 9.69 Å². The first-order valence-corrected chi connectivity index (χ1v) is 6.80. The van der Waals surface area contributed by atoms with Gasteiger partial charge in [-0.15, -0.1) is 0 Å². The van der Waals surface area contributed by atoms with Crippen LogP contribution >= 0.6 is 11.6 Å². The third kappa shape index (κ3) is 4.18. The van der Waals surface area contributed by atoms with E-state index in [1.165, 1.54) is 6.07 Å². The summed E-state index contributed by atoms with van der Waals surface area (Å²) in [5.41, 5.74) is 0.901. The van der Waals surface area contributed by atoms with Gasteiger partial charge in [-0.05, 0) is 49.5 Å². The van der Waals surface area contributed by atoms with Crippen molar-refractivity contribution in [3.63, 3.8) is 0 Å². The van der Waals surface area contributed by atoms with Gasteiger partial charge in [0.05, 0.1) is 5.02 Å². The van der Waals surface area contributed by atoms with Crippen molar-refractivity contribution < 1.29 is 14.3 Å². The highest BCUT2D eigenvalue weighted by molar-refractivity contribution is 6.30. The van der Waals surface area contributed by atoms with Crippen LogP contribution in [0.1, 0.15) is 24.8 Å². The molecular formula is C14H17ClFNO2. The Hall–Kier alpha value is -1.13. The fourth-order valence-corrected chi connectivity index (χ4v) is 2.61. The first-order chi connectivity index (χ1) is 9.04. The van der Waals surface area contributed by atoms with Crippen molar-refractivity contribution in [2.24, 2.45) is 5.92 Å². The molecule has 1 aromatic carbocycles. The highest BCUT2D eigenvalue weighted by atomic mass is 35.5. The van der Waals surface area contributed by atoms with Crippen LogP contribution in [0.15, 0.2) is 18.2 Å². The lowest BCUT2D eigenvalue weighted by atomic mass is 9.93. The predicted octanol–water partition coefficient (Wildman–Crippen LogP) is 3.17. The van der Waals surface area contributed by atoms with Crippen molar-refractivity contribution >= 4 is 17.6 Å². The monoisotopic (exact) mass is 285 g/mol. The second-order valence-corrected chi connectivity index (χ2v) is 5.47. The molecular weight excluding hydrogens is 269 g/mol. The molecule has 0 bridgehead atoms. The zero-order chi connectivity index (χ0) is 13.8. The van der Waals surface area contributed by atoms with E-state index in [9.17, 15) is 9.18 Å². The highest BCUT2D eigenvalue weighted by Crippen LogP contribution is 2.23. The minimum atomic E-state index is -0.724. The Bertz CT molecular complexity index is 459. The number of hydrogen-bond acceptors (Lipinski definition) is 2. The Morgan fingerprint density at radius 1 is 1.42 bits per heavy atom. The minimum absolute atomic E-state index is 0.143. The van der Waals surface area contributed by atoms with Crippen molar-refractivity contribution in [2.75, 3.05) is 13.1 Å². The average molecular weight is 286 g/mol. The van der Waals surface area contributed by atoms with Crippen LogP contribution in [-0.4, -0.2) is 29.1 Å². The predicted molar refractivity (Wildman–Crippen MR) is 71.7 cm³/mol. The standard InChI is InChI=1S/C14H17ClFNO2/c15-12-2-1-11(7-13(12)16)9-17-5-3-10(4-6-17)8-14(18)19/h1-2,7,10H,3-6,8-9H2,(H,18,19). The van der Waals surface area contributed by atoms with E-state index in [1.54, 1.807) is 6.07 Å². The van der Waals surface area contributed by atoms with Crippen LogP contribution in [0.5, 0.6) is 0 Å². The molecule has 0 unspecified atom stereocenters. The topological polar surface area (TPSA) is 40.5 Å². The van der Waals surface area contributed by atoms with Crippen LogP contribution in [0.25, 0.3) is 0 Å². The molecule has 104 valence electrons. The number of halogens is 2. The van der Waals surface area contributed by atoms with E-state index in [2.05, 4.69) is 4.90 Å². The Morgan fingerprint density at radius 2 is 2.11 bits per heavy atom. The summed E-state index contributed by atoms with van der Waals surface area (Å²) in [4.78, 5) is 12.9. The molecule has 1 fully saturated rings. The molecule has 0 spiro atoms. The van der Waals surface area contributed by atoms with Crippen LogP contribution in [0.4, 0.5) is 4.39 Å². The average Bonchev–Trinajstić information content (AvgIpc) is 2.36. The van der Waals surface area contributed by atoms with Crippen molar-refractivity contribution in [3.8, 4) is 0 Å². The van der Waals surface area contributed by atoms with Crippen LogP contribution in [0, 0.1) is 11.7 Å². The van der Waals surface area contributed by atoms with Crippen LogP contribution < -0.4 is 0 Å². The molecule has 0 aromatic heterocycles. The number of aliphatic carboxylic acids is 1. The summed E-state index contributed by atoms with van der Waals surface area (Å²) in [5, 5.41) is 8.90. The summed E-state index contributed by atoms with van der Waals surface area (Å²) < 4.78 is 13.3. The van der Waals surface area contributed by atoms with Crippen LogP contribution in [0.2, 0.25) is 5.02 Å². The van der Waals surface area contributed by atoms with Crippen molar-refractivity contribution in [3.05, 3.63) is 34.6 Å². The van der Waals surface area contributed by atoms with E-state index >= 15 is 0 Å². The molecule has 0 saturated carbocycles. The van der Waals surface area contributed by atoms with Gasteiger partial charge in [0.25, 0.3) is 0 Å². The molecule has 1 saturated heterocycles. The van der Waals surface area contributed by atoms with E-state index < -0.39 is 5.97 Å². The summed E-state index contributed by atoms with van der Waals surface area (Å²) in [5.74, 6) is -0.839. The van der Waals surface area contributed by atoms with Gasteiger partial charge in [-0.2, -0.15) is 0 Å². The summed E-state index contributed by atoms with van der Waals surface area (Å²) in [7, 11) is 0. The zero-order valence-electron chi connectivity index (χ0n) is 10.6. The van der Waals surface area contributed by atoms with E-state index in [4.69, 9.17) is 16.7 Å². The maximum Gasteiger partial charge on any atom is 0.303 e. The van der Waals surface area contributed by atoms with Gasteiger partial charge < -0.3 is 5.11 Å². The number of carboxylic acids is 1. The third-order valence-electron chi connectivity index (χ3n) is 3.56. The summed E-state index contributed by atoms with van der Waals surface area (Å²) in [6.07, 6.45) is 2.04. The van der Waals surface area contributed by atoms with E-state index in [1.807, 2.05) is 6.07 Å². The molecule has 1 heterocycles. The largest absolute Gasteiger partial charge is 0.481 e. The van der Waals surface area contributed by atoms with E-state index in [0.29, 0.717) is 6.54 Å². The number of rotatable bonds is 4. The molecule has 3 nitrogen and oxygen atoms in total. The molecule has 0 amide bonds. The van der Waals surface area contributed by atoms with Gasteiger partial charge in [-0.25, -0.2) is 4.39 Å². The fourth-order valence-electron chi connectivity index (χ4n) is 2.49. The molecule has 5 heteroatoms. The van der Waals surface area contributed by atoms with E-state index in [-0.39, 0.29) is 23.2 Å². The quantitative estimate of drug-likeness (QED) is 0.924. The molecule has 0 radical (unpaired) electrons. The Balaban J connectivity index is 1.85. The van der Waals surface area contributed by atoms with Crippen molar-refractivity contribution in [2.45, 2.75) is 25.8 Å². The van der Waals surface area contributed by atoms with Crippen molar-refractivity contribution in [1.82, 2.24) is 4.90 Å². The number of carbonyl (C=O) groups is 1. The molecule has 1 N–H and O–H groups in total. The molecule has 19 heavy (non-hydrogen) atoms. The summed E-state index contributed by atoms with van der Waals surface area (Å²) in [6, 6.07) is 4.86. The number of carboxylic acid groups (broad SMARTS) is 1. The van der Waals surface area contributed by atoms with Gasteiger partial charge in [-0.1, -0.05) is 17.7 Å². The molecule has 0 aliphatic carbocycles. The SMILES string of the molecule is O=C(O)CC1CCN(Cc2ccc(Cl)c(F)c2)CC1. The molecule has 2 rings (SSSR count). The second kappa shape index (κ2) is 6.35. The van der Waals surface area contributed by atoms with Gasteiger partial charge in [0.15, 0.2) is 0 Å². The van der Waals surface area contributed by atoms with Crippen LogP contribution in [0.3, 0.4) is 0 Å². The lowest BCUT2D eigenvalue weighted by Crippen LogP contribution is -2.33. The molecule has 1 aromatic rings. The molecule has 1 aliphatic heterocycles. The smallest absolute Gasteiger partial charge is 0.303 e. The van der Waals surface area contributed by atoms with Gasteiger partial charge in [0, 0.05) is 13.0 Å². The molecule has 1 aliphatic rings. The second-order valence-electron chi connectivity index (χ2n) is 5.07. The number of piperidine rings is 1. The van der Waals surface area contributed by atoms with Crippen LogP contribution in [-0.2, 0) is 11.3 Å². The normalized spacial score (nSPS) is 17.6. The Kier molecular flexibility index (Phi) is 4.77. The van der Waals surface area contributed by atoms with Crippen molar-refractivity contribution in [1.29, 1.82) is 0 Å². The lowest BCUT2D eigenvalue weighted by Gasteiger charge is -2.31. The fraction of sp³-hybridized carbons (Fsp3) is 0.500. The minimum Gasteiger partial charge on any atom is -0.481 e. The first-order valence-electron chi connectivity index (χ1n) is 6.42. The maximum absolute atomic E-state index is 13.3. The van der Waals surface area contributed by atoms with Gasteiger partial charge in [0.2, 0.25) is 0 Å². The highest BCUT2D eigenvalue weighted by Gasteiger charge is 2.21. The van der Waals surface area contributed by atoms with E-state index in [0.717, 1.165) is 31.5 Å². The summed E-state index contributed by atoms with van der Waals surface area (Å²) in [6.45, 7) is 2.41. The zero-order valence-corrected chi connectivity index (χ0v) is 11.4. The summed E-state index contributed by atoms with van der Waals surface area (Å²) >= 11 is 5.65. The lowest BCUT2D eigenvalue weighted by molar-refractivity contribution is -0.138. The number of hydrogen-bond donors (Lipinski definition) is 1. The maximum atomic E-state index is 13.3. The number of likely N-dealkylation sites (tertiary alicyclic amines) is 1. The van der Waals surface area contributed by atoms with Gasteiger partial charge >= 0.3 is 5.97 Å². The number of nitrogens with zero attached hydrogens (tertiary/aromatic N) is 1. The first kappa shape index (κ1) is 14.3. The third-order valence-corrected chi connectivity index (χ3v) is 3.87. The number of benzene rings is 1. The molecule has 0 atom stereocenters. The van der Waals surface area contributed by atoms with Gasteiger partial charge in [0.1, 0.15) is 5.82 Å². The Morgan fingerprint density at radius 3 is 2.68 bits per heavy atom. The Labute approximate surface area is 117 Å².